The molecule has 0 radical (unpaired) electrons. The minimum Gasteiger partial charge on any atom is -0.395 e. The number of nitrogens with one attached hydrogen (secondary N) is 2. The molecule has 0 unspecified atom stereocenters. The van der Waals surface area contributed by atoms with Gasteiger partial charge < -0.3 is 15.7 Å². The number of hydrogen-bond acceptors (Lipinski definition) is 3. The van der Waals surface area contributed by atoms with Crippen LogP contribution in [0.25, 0.3) is 11.1 Å². The number of carbonyl (C=O) groups is 1. The molecule has 0 aliphatic carbocycles. The maximum absolute atomic E-state index is 12.6. The molecule has 24 heavy (non-hydrogen) atoms. The molecule has 1 fully saturated rings. The molecule has 2 aromatic rings. The van der Waals surface area contributed by atoms with Crippen LogP contribution in [0.1, 0.15) is 12.0 Å². The summed E-state index contributed by atoms with van der Waals surface area (Å²) < 4.78 is 0. The smallest absolute Gasteiger partial charge is 0.227 e. The van der Waals surface area contributed by atoms with Crippen molar-refractivity contribution >= 4 is 5.91 Å². The van der Waals surface area contributed by atoms with Crippen molar-refractivity contribution in [3.05, 3.63) is 60.2 Å². The van der Waals surface area contributed by atoms with Crippen LogP contribution in [0.4, 0.5) is 0 Å². The van der Waals surface area contributed by atoms with Gasteiger partial charge in [-0.25, -0.2) is 0 Å². The molecule has 0 bridgehead atoms. The van der Waals surface area contributed by atoms with Crippen molar-refractivity contribution in [2.45, 2.75) is 12.8 Å². The standard InChI is InChI=1S/C20H24N2O2/c23-13-12-22-19(24)20(10-11-21-15-20)14-16-6-8-18(9-7-16)17-4-2-1-3-5-17/h1-9,21,23H,10-15H2,(H,22,24)/t20-/m1/s1. The summed E-state index contributed by atoms with van der Waals surface area (Å²) in [4.78, 5) is 12.6. The van der Waals surface area contributed by atoms with E-state index in [1.165, 1.54) is 11.1 Å². The van der Waals surface area contributed by atoms with Gasteiger partial charge in [0.05, 0.1) is 12.0 Å². The van der Waals surface area contributed by atoms with Gasteiger partial charge in [0.15, 0.2) is 0 Å². The highest BCUT2D eigenvalue weighted by Crippen LogP contribution is 2.31. The molecule has 126 valence electrons. The first kappa shape index (κ1) is 16.7. The van der Waals surface area contributed by atoms with Crippen LogP contribution in [-0.2, 0) is 11.2 Å². The van der Waals surface area contributed by atoms with E-state index in [1.807, 2.05) is 18.2 Å². The molecule has 4 nitrogen and oxygen atoms in total. The van der Waals surface area contributed by atoms with Crippen molar-refractivity contribution in [3.63, 3.8) is 0 Å². The number of rotatable bonds is 6. The highest BCUT2D eigenvalue weighted by molar-refractivity contribution is 5.83. The zero-order valence-electron chi connectivity index (χ0n) is 13.8. The van der Waals surface area contributed by atoms with Crippen LogP contribution in [0, 0.1) is 5.41 Å². The number of aliphatic hydroxyl groups is 1. The highest BCUT2D eigenvalue weighted by atomic mass is 16.3. The van der Waals surface area contributed by atoms with Gasteiger partial charge in [-0.05, 0) is 36.1 Å². The van der Waals surface area contributed by atoms with Gasteiger partial charge in [-0.2, -0.15) is 0 Å². The first-order valence-corrected chi connectivity index (χ1v) is 8.48. The molecule has 1 heterocycles. The lowest BCUT2D eigenvalue weighted by atomic mass is 9.79. The zero-order valence-corrected chi connectivity index (χ0v) is 13.8. The summed E-state index contributed by atoms with van der Waals surface area (Å²) in [6.45, 7) is 1.83. The van der Waals surface area contributed by atoms with Crippen LogP contribution in [0.5, 0.6) is 0 Å². The fourth-order valence-electron chi connectivity index (χ4n) is 3.36. The molecule has 0 saturated carbocycles. The Morgan fingerprint density at radius 3 is 2.42 bits per heavy atom. The van der Waals surface area contributed by atoms with E-state index >= 15 is 0 Å². The largest absolute Gasteiger partial charge is 0.395 e. The molecule has 1 atom stereocenters. The number of amides is 1. The van der Waals surface area contributed by atoms with Crippen molar-refractivity contribution in [2.24, 2.45) is 5.41 Å². The molecule has 1 aliphatic heterocycles. The van der Waals surface area contributed by atoms with Gasteiger partial charge in [-0.15, -0.1) is 0 Å². The summed E-state index contributed by atoms with van der Waals surface area (Å²) in [5.41, 5.74) is 3.13. The second kappa shape index (κ2) is 7.60. The Balaban J connectivity index is 1.75. The third-order valence-corrected chi connectivity index (χ3v) is 4.73. The number of benzene rings is 2. The third kappa shape index (κ3) is 3.66. The normalized spacial score (nSPS) is 20.0. The van der Waals surface area contributed by atoms with E-state index < -0.39 is 5.41 Å². The van der Waals surface area contributed by atoms with Crippen molar-refractivity contribution in [3.8, 4) is 11.1 Å². The lowest BCUT2D eigenvalue weighted by Crippen LogP contribution is -2.45. The topological polar surface area (TPSA) is 61.4 Å². The Morgan fingerprint density at radius 1 is 1.08 bits per heavy atom. The molecule has 2 aromatic carbocycles. The molecule has 3 rings (SSSR count). The van der Waals surface area contributed by atoms with E-state index in [2.05, 4.69) is 47.0 Å². The summed E-state index contributed by atoms with van der Waals surface area (Å²) in [7, 11) is 0. The van der Waals surface area contributed by atoms with Crippen LogP contribution in [0.3, 0.4) is 0 Å². The summed E-state index contributed by atoms with van der Waals surface area (Å²) in [6.07, 6.45) is 1.54. The fraction of sp³-hybridized carbons (Fsp3) is 0.350. The maximum atomic E-state index is 12.6. The predicted molar refractivity (Wildman–Crippen MR) is 95.6 cm³/mol. The van der Waals surface area contributed by atoms with Gasteiger partial charge in [0.1, 0.15) is 0 Å². The SMILES string of the molecule is O=C(NCCO)[C@@]1(Cc2ccc(-c3ccccc3)cc2)CCNC1. The fourth-order valence-corrected chi connectivity index (χ4v) is 3.36. The summed E-state index contributed by atoms with van der Waals surface area (Å²) in [6, 6.07) is 18.7. The Labute approximate surface area is 142 Å². The maximum Gasteiger partial charge on any atom is 0.227 e. The minimum absolute atomic E-state index is 0.0268. The lowest BCUT2D eigenvalue weighted by molar-refractivity contribution is -0.130. The van der Waals surface area contributed by atoms with Crippen molar-refractivity contribution in [1.29, 1.82) is 0 Å². The van der Waals surface area contributed by atoms with Gasteiger partial charge in [0, 0.05) is 13.1 Å². The van der Waals surface area contributed by atoms with Gasteiger partial charge in [0.2, 0.25) is 5.91 Å². The van der Waals surface area contributed by atoms with Gasteiger partial charge >= 0.3 is 0 Å². The summed E-state index contributed by atoms with van der Waals surface area (Å²) >= 11 is 0. The lowest BCUT2D eigenvalue weighted by Gasteiger charge is -2.27. The average molecular weight is 324 g/mol. The summed E-state index contributed by atoms with van der Waals surface area (Å²) in [5, 5.41) is 15.1. The first-order valence-electron chi connectivity index (χ1n) is 8.48. The first-order chi connectivity index (χ1) is 11.7. The van der Waals surface area contributed by atoms with Gasteiger partial charge in [-0.3, -0.25) is 4.79 Å². The van der Waals surface area contributed by atoms with Crippen LogP contribution in [0.15, 0.2) is 54.6 Å². The van der Waals surface area contributed by atoms with Crippen LogP contribution in [0.2, 0.25) is 0 Å². The van der Waals surface area contributed by atoms with E-state index in [1.54, 1.807) is 0 Å². The molecular formula is C20H24N2O2. The molecule has 1 amide bonds. The van der Waals surface area contributed by atoms with Crippen LogP contribution >= 0.6 is 0 Å². The molecule has 1 aliphatic rings. The molecule has 4 heteroatoms. The second-order valence-corrected chi connectivity index (χ2v) is 6.43. The quantitative estimate of drug-likeness (QED) is 0.761. The molecule has 0 aromatic heterocycles. The Bertz CT molecular complexity index is 662. The third-order valence-electron chi connectivity index (χ3n) is 4.73. The number of carbonyl (C=O) groups excluding carboxylic acids is 1. The van der Waals surface area contributed by atoms with E-state index in [0.717, 1.165) is 18.5 Å². The highest BCUT2D eigenvalue weighted by Gasteiger charge is 2.40. The predicted octanol–water partition coefficient (Wildman–Crippen LogP) is 1.98. The van der Waals surface area contributed by atoms with E-state index in [4.69, 9.17) is 5.11 Å². The van der Waals surface area contributed by atoms with Crippen molar-refractivity contribution < 1.29 is 9.90 Å². The molecular weight excluding hydrogens is 300 g/mol. The second-order valence-electron chi connectivity index (χ2n) is 6.43. The van der Waals surface area contributed by atoms with Crippen molar-refractivity contribution in [2.75, 3.05) is 26.2 Å². The Morgan fingerprint density at radius 2 is 1.79 bits per heavy atom. The van der Waals surface area contributed by atoms with Gasteiger partial charge in [0.25, 0.3) is 0 Å². The molecule has 0 spiro atoms. The van der Waals surface area contributed by atoms with E-state index in [9.17, 15) is 4.79 Å². The Kier molecular flexibility index (Phi) is 5.28. The monoisotopic (exact) mass is 324 g/mol. The number of aliphatic hydroxyl groups excluding tert-OH is 1. The summed E-state index contributed by atoms with van der Waals surface area (Å²) in [5.74, 6) is 0.0358. The number of hydrogen-bond donors (Lipinski definition) is 3. The van der Waals surface area contributed by atoms with Crippen LogP contribution in [-0.4, -0.2) is 37.3 Å². The van der Waals surface area contributed by atoms with Crippen molar-refractivity contribution in [1.82, 2.24) is 10.6 Å². The van der Waals surface area contributed by atoms with Gasteiger partial charge in [-0.1, -0.05) is 54.6 Å². The minimum atomic E-state index is -0.413. The zero-order chi connectivity index (χ0) is 16.8. The molecule has 3 N–H and O–H groups in total. The van der Waals surface area contributed by atoms with E-state index in [0.29, 0.717) is 19.5 Å². The average Bonchev–Trinajstić information content (AvgIpc) is 3.11. The van der Waals surface area contributed by atoms with E-state index in [-0.39, 0.29) is 12.5 Å². The Hall–Kier alpha value is -2.17. The molecule has 1 saturated heterocycles. The van der Waals surface area contributed by atoms with Crippen LogP contribution < -0.4 is 10.6 Å².